The molecule has 0 saturated heterocycles. The van der Waals surface area contributed by atoms with Crippen molar-refractivity contribution < 1.29 is 5.11 Å². The van der Waals surface area contributed by atoms with E-state index in [4.69, 9.17) is 0 Å². The molecule has 106 valence electrons. The summed E-state index contributed by atoms with van der Waals surface area (Å²) in [5.74, 6) is 0. The van der Waals surface area contributed by atoms with E-state index >= 15 is 0 Å². The van der Waals surface area contributed by atoms with Crippen LogP contribution in [0.4, 0.5) is 0 Å². The van der Waals surface area contributed by atoms with E-state index in [0.717, 1.165) is 12.8 Å². The Morgan fingerprint density at radius 3 is 2.68 bits per heavy atom. The second kappa shape index (κ2) is 6.53. The van der Waals surface area contributed by atoms with Gasteiger partial charge in [0.25, 0.3) is 0 Å². The van der Waals surface area contributed by atoms with Gasteiger partial charge in [0.05, 0.1) is 5.60 Å². The molecule has 0 bridgehead atoms. The van der Waals surface area contributed by atoms with Crippen LogP contribution in [0.2, 0.25) is 0 Å². The third kappa shape index (κ3) is 3.58. The van der Waals surface area contributed by atoms with Gasteiger partial charge < -0.3 is 10.4 Å². The highest BCUT2D eigenvalue weighted by Gasteiger charge is 2.25. The molecule has 2 N–H and O–H groups in total. The Kier molecular flexibility index (Phi) is 5.00. The lowest BCUT2D eigenvalue weighted by Crippen LogP contribution is -2.41. The molecule has 0 aliphatic heterocycles. The lowest BCUT2D eigenvalue weighted by molar-refractivity contribution is 0.0295. The quantitative estimate of drug-likeness (QED) is 0.794. The first kappa shape index (κ1) is 14.5. The topological polar surface area (TPSA) is 32.3 Å². The number of rotatable bonds is 5. The van der Waals surface area contributed by atoms with Crippen LogP contribution in [0.1, 0.15) is 63.1 Å². The third-order valence-corrected chi connectivity index (χ3v) is 4.61. The molecule has 1 aliphatic rings. The molecule has 1 aliphatic carbocycles. The highest BCUT2D eigenvalue weighted by atomic mass is 16.3. The van der Waals surface area contributed by atoms with E-state index in [-0.39, 0.29) is 0 Å². The van der Waals surface area contributed by atoms with Gasteiger partial charge in [-0.05, 0) is 43.2 Å². The average Bonchev–Trinajstić information content (AvgIpc) is 2.67. The van der Waals surface area contributed by atoms with Crippen molar-refractivity contribution in [3.63, 3.8) is 0 Å². The van der Waals surface area contributed by atoms with Gasteiger partial charge in [0.1, 0.15) is 0 Å². The molecule has 0 aromatic heterocycles. The minimum absolute atomic E-state index is 0.406. The van der Waals surface area contributed by atoms with Gasteiger partial charge in [-0.15, -0.1) is 0 Å². The van der Waals surface area contributed by atoms with Gasteiger partial charge in [0.2, 0.25) is 0 Å². The van der Waals surface area contributed by atoms with Crippen molar-refractivity contribution >= 4 is 0 Å². The first-order valence-electron chi connectivity index (χ1n) is 7.72. The van der Waals surface area contributed by atoms with E-state index in [1.807, 2.05) is 0 Å². The molecule has 2 nitrogen and oxygen atoms in total. The summed E-state index contributed by atoms with van der Waals surface area (Å²) in [6.45, 7) is 4.82. The summed E-state index contributed by atoms with van der Waals surface area (Å²) in [4.78, 5) is 0. The van der Waals surface area contributed by atoms with Gasteiger partial charge in [-0.2, -0.15) is 0 Å². The molecular formula is C17H27NO. The normalized spacial score (nSPS) is 19.8. The van der Waals surface area contributed by atoms with Crippen LogP contribution < -0.4 is 5.32 Å². The first-order chi connectivity index (χ1) is 9.18. The van der Waals surface area contributed by atoms with Crippen molar-refractivity contribution in [2.75, 3.05) is 6.54 Å². The zero-order valence-electron chi connectivity index (χ0n) is 12.3. The molecule has 0 heterocycles. The highest BCUT2D eigenvalue weighted by molar-refractivity contribution is 5.31. The van der Waals surface area contributed by atoms with E-state index in [0.29, 0.717) is 12.6 Å². The van der Waals surface area contributed by atoms with Gasteiger partial charge in [-0.3, -0.25) is 0 Å². The first-order valence-corrected chi connectivity index (χ1v) is 7.72. The van der Waals surface area contributed by atoms with Gasteiger partial charge in [0, 0.05) is 12.6 Å². The van der Waals surface area contributed by atoms with Crippen LogP contribution in [0.15, 0.2) is 24.3 Å². The van der Waals surface area contributed by atoms with Crippen molar-refractivity contribution in [2.45, 2.75) is 64.0 Å². The summed E-state index contributed by atoms with van der Waals surface area (Å²) < 4.78 is 0. The maximum atomic E-state index is 10.4. The Hall–Kier alpha value is -0.860. The number of hydrogen-bond acceptors (Lipinski definition) is 2. The fourth-order valence-electron chi connectivity index (χ4n) is 2.95. The van der Waals surface area contributed by atoms with Crippen molar-refractivity contribution in [1.82, 2.24) is 5.32 Å². The predicted molar refractivity (Wildman–Crippen MR) is 80.3 cm³/mol. The molecule has 0 fully saturated rings. The molecule has 1 aromatic carbocycles. The molecular weight excluding hydrogens is 234 g/mol. The van der Waals surface area contributed by atoms with Gasteiger partial charge >= 0.3 is 0 Å². The maximum absolute atomic E-state index is 10.4. The minimum atomic E-state index is -0.554. The van der Waals surface area contributed by atoms with Crippen molar-refractivity contribution in [3.8, 4) is 0 Å². The van der Waals surface area contributed by atoms with Crippen LogP contribution in [0.5, 0.6) is 0 Å². The van der Waals surface area contributed by atoms with Crippen LogP contribution >= 0.6 is 0 Å². The highest BCUT2D eigenvalue weighted by Crippen LogP contribution is 2.29. The Morgan fingerprint density at radius 1 is 1.21 bits per heavy atom. The van der Waals surface area contributed by atoms with Crippen LogP contribution in [-0.4, -0.2) is 17.3 Å². The largest absolute Gasteiger partial charge is 0.389 e. The van der Waals surface area contributed by atoms with E-state index < -0.39 is 5.60 Å². The number of aliphatic hydroxyl groups is 1. The average molecular weight is 261 g/mol. The summed E-state index contributed by atoms with van der Waals surface area (Å²) >= 11 is 0. The van der Waals surface area contributed by atoms with Crippen molar-refractivity contribution in [2.24, 2.45) is 0 Å². The molecule has 2 rings (SSSR count). The second-order valence-electron chi connectivity index (χ2n) is 5.81. The van der Waals surface area contributed by atoms with E-state index in [9.17, 15) is 5.11 Å². The number of nitrogens with one attached hydrogen (secondary N) is 1. The Labute approximate surface area is 117 Å². The summed E-state index contributed by atoms with van der Waals surface area (Å²) in [5.41, 5.74) is 2.37. The summed E-state index contributed by atoms with van der Waals surface area (Å²) in [7, 11) is 0. The molecule has 1 atom stereocenters. The Bertz CT molecular complexity index is 398. The summed E-state index contributed by atoms with van der Waals surface area (Å²) in [6.07, 6.45) is 6.54. The molecule has 1 aromatic rings. The third-order valence-electron chi connectivity index (χ3n) is 4.61. The van der Waals surface area contributed by atoms with Gasteiger partial charge in [-0.1, -0.05) is 44.5 Å². The fraction of sp³-hybridized carbons (Fsp3) is 0.647. The van der Waals surface area contributed by atoms with E-state index in [2.05, 4.69) is 43.4 Å². The summed E-state index contributed by atoms with van der Waals surface area (Å²) in [6, 6.07) is 9.17. The number of aryl methyl sites for hydroxylation is 1. The monoisotopic (exact) mass is 261 g/mol. The molecule has 1 unspecified atom stereocenters. The van der Waals surface area contributed by atoms with Gasteiger partial charge in [0.15, 0.2) is 0 Å². The van der Waals surface area contributed by atoms with Crippen LogP contribution in [0.3, 0.4) is 0 Å². The van der Waals surface area contributed by atoms with Crippen molar-refractivity contribution in [1.29, 1.82) is 0 Å². The number of fused-ring (bicyclic) bond motifs is 1. The fourth-order valence-corrected chi connectivity index (χ4v) is 2.95. The lowest BCUT2D eigenvalue weighted by atomic mass is 9.95. The second-order valence-corrected chi connectivity index (χ2v) is 5.81. The molecule has 0 spiro atoms. The zero-order valence-corrected chi connectivity index (χ0v) is 12.3. The van der Waals surface area contributed by atoms with E-state index in [1.54, 1.807) is 0 Å². The molecule has 0 amide bonds. The number of hydrogen-bond donors (Lipinski definition) is 2. The van der Waals surface area contributed by atoms with Crippen LogP contribution in [0, 0.1) is 0 Å². The van der Waals surface area contributed by atoms with E-state index in [1.165, 1.54) is 36.8 Å². The lowest BCUT2D eigenvalue weighted by Gasteiger charge is -2.29. The minimum Gasteiger partial charge on any atom is -0.389 e. The Balaban J connectivity index is 2.08. The molecule has 0 saturated carbocycles. The molecule has 19 heavy (non-hydrogen) atoms. The molecule has 2 heteroatoms. The standard InChI is InChI=1S/C17H27NO/c1-3-17(19,4-2)13-18-16-12-8-6-10-14-9-5-7-11-15(14)16/h5,7,9,11,16,18-19H,3-4,6,8,10,12-13H2,1-2H3. The Morgan fingerprint density at radius 2 is 1.95 bits per heavy atom. The van der Waals surface area contributed by atoms with Crippen LogP contribution in [0.25, 0.3) is 0 Å². The summed E-state index contributed by atoms with van der Waals surface area (Å²) in [5, 5.41) is 14.0. The van der Waals surface area contributed by atoms with Crippen LogP contribution in [-0.2, 0) is 6.42 Å². The zero-order chi connectivity index (χ0) is 13.7. The van der Waals surface area contributed by atoms with Crippen molar-refractivity contribution in [3.05, 3.63) is 35.4 Å². The maximum Gasteiger partial charge on any atom is 0.0766 e. The SMILES string of the molecule is CCC(O)(CC)CNC1CCCCc2ccccc21. The molecule has 0 radical (unpaired) electrons. The van der Waals surface area contributed by atoms with Gasteiger partial charge in [-0.25, -0.2) is 0 Å². The predicted octanol–water partition coefficient (Wildman–Crippen LogP) is 3.59. The number of benzene rings is 1. The smallest absolute Gasteiger partial charge is 0.0766 e.